The van der Waals surface area contributed by atoms with Crippen LogP contribution in [0.3, 0.4) is 0 Å². The van der Waals surface area contributed by atoms with Crippen molar-refractivity contribution in [1.82, 2.24) is 4.98 Å². The first-order valence-corrected chi connectivity index (χ1v) is 40.3. The quantitative estimate of drug-likeness (QED) is 0.0349. The Kier molecular flexibility index (Phi) is 34.7. The van der Waals surface area contributed by atoms with E-state index in [1.54, 1.807) is 12.4 Å². The van der Waals surface area contributed by atoms with Crippen molar-refractivity contribution in [3.63, 3.8) is 0 Å². The summed E-state index contributed by atoms with van der Waals surface area (Å²) in [4.78, 5) is 16.1. The fraction of sp³-hybridized carbons (Fsp3) is 0.277. The molecule has 0 aliphatic heterocycles. The van der Waals surface area contributed by atoms with Gasteiger partial charge in [0.1, 0.15) is 0 Å². The maximum Gasteiger partial charge on any atom is 2.00 e. The fourth-order valence-electron chi connectivity index (χ4n) is 13.9. The molecule has 1 heterocycles. The zero-order chi connectivity index (χ0) is 78.2. The number of guanidine groups is 1. The first kappa shape index (κ1) is 87.6. The molecule has 0 unspecified atom stereocenters. The van der Waals surface area contributed by atoms with Crippen molar-refractivity contribution in [3.8, 4) is 0 Å². The number of pyridine rings is 1. The minimum atomic E-state index is -0.659. The average Bonchev–Trinajstić information content (AvgIpc) is 0.750. The Morgan fingerprint density at radius 3 is 0.782 bits per heavy atom. The molecule has 0 spiro atoms. The van der Waals surface area contributed by atoms with Crippen molar-refractivity contribution in [1.29, 1.82) is 0 Å². The number of hydrogen-bond donors (Lipinski definition) is 0. The van der Waals surface area contributed by atoms with Gasteiger partial charge in [-0.1, -0.05) is 401 Å². The van der Waals surface area contributed by atoms with Crippen LogP contribution in [0.2, 0.25) is 0 Å². The van der Waals surface area contributed by atoms with Crippen molar-refractivity contribution in [3.05, 3.63) is 416 Å². The molecule has 12 rings (SSSR count). The second-order valence-corrected chi connectivity index (χ2v) is 32.4. The van der Waals surface area contributed by atoms with Gasteiger partial charge >= 0.3 is 17.1 Å². The predicted octanol–water partition coefficient (Wildman–Crippen LogP) is 25.8. The molecule has 0 atom stereocenters. The third-order valence-corrected chi connectivity index (χ3v) is 19.7. The molecule has 0 amide bonds. The first-order chi connectivity index (χ1) is 52.5. The predicted molar refractivity (Wildman–Crippen MR) is 470 cm³/mol. The molecule has 7 nitrogen and oxygen atoms in total. The standard InChI is InChI=1S/C82H84N3.C6H8NSi.C5H5N.2C4H10O.Fe/c1-79(2,3)65-53-67(71(57-37-21-13-22-38-57)58-39-23-14-24-40-58)75(68(54-65)72(59-41-25-15-26-42-59)60-43-27-16-28-44-60)83-78(85-77(81(7,8)9)82(10,11)12)84-76-69(73(61-45-29-17-30-46-61)62-47-31-18-32-48-62)55-66(80(4,5)6)56-70(76)74(63-49-33-19-34-50-63)64-51-35-20-36-52-64;7-8-6-4-2-1-3-5-6;1-2-4-6-5-3-1;2*1-3-5-4-2;/h13-56,71-74H,1-12H3;1-5,7H,8H2;1-5H;2*3-4H2,1-2H3;/q2*-1;;;;+2. The number of rotatable bonds is 19. The van der Waals surface area contributed by atoms with Crippen molar-refractivity contribution < 1.29 is 26.5 Å². The summed E-state index contributed by atoms with van der Waals surface area (Å²) in [5, 5.41) is 14.6. The monoisotopic (exact) mass is 1520 g/mol. The molecule has 12 aromatic rings. The Morgan fingerprint density at radius 2 is 0.591 bits per heavy atom. The molecular weight excluding hydrogens is 1400 g/mol. The zero-order valence-electron chi connectivity index (χ0n) is 68.0. The van der Waals surface area contributed by atoms with E-state index in [0.717, 1.165) is 65.8 Å². The molecule has 0 aliphatic rings. The normalized spacial score (nSPS) is 11.6. The summed E-state index contributed by atoms with van der Waals surface area (Å²) in [5.74, 6) is -0.480. The molecule has 1 N–H and O–H groups in total. The van der Waals surface area contributed by atoms with Gasteiger partial charge in [-0.25, -0.2) is 0 Å². The van der Waals surface area contributed by atoms with Crippen LogP contribution in [-0.4, -0.2) is 52.8 Å². The van der Waals surface area contributed by atoms with E-state index in [4.69, 9.17) is 30.2 Å². The smallest absolute Gasteiger partial charge is 0.681 e. The average molecular weight is 1520 g/mol. The Morgan fingerprint density at radius 1 is 0.355 bits per heavy atom. The number of nitrogens with one attached hydrogen (secondary N) is 1. The molecule has 1 aromatic heterocycles. The van der Waals surface area contributed by atoms with E-state index in [1.807, 2.05) is 76.2 Å². The van der Waals surface area contributed by atoms with Crippen molar-refractivity contribution in [2.24, 2.45) is 20.8 Å². The molecule has 110 heavy (non-hydrogen) atoms. The van der Waals surface area contributed by atoms with E-state index in [9.17, 15) is 0 Å². The summed E-state index contributed by atoms with van der Waals surface area (Å²) in [7, 11) is -0.659. The van der Waals surface area contributed by atoms with Gasteiger partial charge in [-0.3, -0.25) is 4.98 Å². The van der Waals surface area contributed by atoms with Gasteiger partial charge in [0.05, 0.1) is 0 Å². The van der Waals surface area contributed by atoms with E-state index in [-0.39, 0.29) is 62.4 Å². The Balaban J connectivity index is 0.000000576. The van der Waals surface area contributed by atoms with Crippen molar-refractivity contribution in [2.45, 2.75) is 145 Å². The summed E-state index contributed by atoms with van der Waals surface area (Å²) in [6.45, 7) is 39.0. The maximum atomic E-state index is 7.08. The van der Waals surface area contributed by atoms with Gasteiger partial charge in [0, 0.05) is 79.8 Å². The van der Waals surface area contributed by atoms with E-state index in [2.05, 4.69) is 355 Å². The SMILES string of the molecule is CC(C)(C)C(=NC(=Nc1c(C(c2ccccc2)c2ccccc2)cc(C(C)(C)C)cc1C(c1ccccc1)c1ccccc1)[N-]c1c(C(c2ccccc2)c2ccccc2)cc(C(C)(C)C)cc1C(c1ccccc1)c1ccccc1)C(C)(C)C.CCOCC.CCOCC.[Fe+2].[NH-][SiH2]c1ccccc1.c1ccncc1. The van der Waals surface area contributed by atoms with Crippen LogP contribution in [0.5, 0.6) is 0 Å². The largest absolute Gasteiger partial charge is 2.00 e. The fourth-order valence-corrected chi connectivity index (χ4v) is 14.4. The number of hydrogen-bond acceptors (Lipinski definition) is 4. The Bertz CT molecular complexity index is 4200. The minimum absolute atomic E-state index is 0. The molecule has 0 bridgehead atoms. The van der Waals surface area contributed by atoms with Crippen LogP contribution in [0, 0.1) is 10.8 Å². The number of aliphatic imine (C=N–C) groups is 2. The first-order valence-electron chi connectivity index (χ1n) is 38.9. The number of benzene rings is 11. The summed E-state index contributed by atoms with van der Waals surface area (Å²) in [5.41, 5.74) is 17.7. The summed E-state index contributed by atoms with van der Waals surface area (Å²) in [6.07, 6.45) is 3.50. The zero-order valence-corrected chi connectivity index (χ0v) is 70.5. The third-order valence-electron chi connectivity index (χ3n) is 18.9. The van der Waals surface area contributed by atoms with Crippen LogP contribution < -0.4 is 5.19 Å². The summed E-state index contributed by atoms with van der Waals surface area (Å²) >= 11 is 0. The molecule has 570 valence electrons. The molecule has 0 aliphatic carbocycles. The maximum absolute atomic E-state index is 7.08. The second-order valence-electron chi connectivity index (χ2n) is 31.3. The molecule has 0 saturated carbocycles. The van der Waals surface area contributed by atoms with Crippen LogP contribution >= 0.6 is 0 Å². The summed E-state index contributed by atoms with van der Waals surface area (Å²) in [6, 6.07) is 113. The van der Waals surface area contributed by atoms with E-state index in [0.29, 0.717) is 5.96 Å². The molecule has 9 heteroatoms. The second kappa shape index (κ2) is 43.6. The van der Waals surface area contributed by atoms with Crippen LogP contribution in [0.15, 0.2) is 338 Å². The van der Waals surface area contributed by atoms with Crippen LogP contribution in [0.4, 0.5) is 11.4 Å². The van der Waals surface area contributed by atoms with Gasteiger partial charge in [-0.15, -0.1) is 0 Å². The van der Waals surface area contributed by atoms with E-state index < -0.39 is 9.68 Å². The van der Waals surface area contributed by atoms with Crippen LogP contribution in [-0.2, 0) is 37.4 Å². The Hall–Kier alpha value is -9.67. The topological polar surface area (TPSA) is 94.0 Å². The van der Waals surface area contributed by atoms with E-state index >= 15 is 0 Å². The van der Waals surface area contributed by atoms with Gasteiger partial charge in [-0.2, -0.15) is 0 Å². The van der Waals surface area contributed by atoms with Gasteiger partial charge in [-0.05, 0) is 145 Å². The van der Waals surface area contributed by atoms with Crippen LogP contribution in [0.25, 0.3) is 10.7 Å². The van der Waals surface area contributed by atoms with Gasteiger partial charge in [0.2, 0.25) is 0 Å². The molecular formula is C101H117FeN5O2Si. The van der Waals surface area contributed by atoms with Gasteiger partial charge < -0.3 is 30.2 Å². The number of nitrogens with zero attached hydrogens (tertiary/aromatic N) is 4. The summed E-state index contributed by atoms with van der Waals surface area (Å²) < 4.78 is 9.67. The van der Waals surface area contributed by atoms with Gasteiger partial charge in [0.15, 0.2) is 0 Å². The minimum Gasteiger partial charge on any atom is -0.681 e. The van der Waals surface area contributed by atoms with Crippen molar-refractivity contribution >= 4 is 37.9 Å². The Labute approximate surface area is 673 Å². The van der Waals surface area contributed by atoms with E-state index in [1.165, 1.54) is 60.8 Å². The third kappa shape index (κ3) is 25.7. The van der Waals surface area contributed by atoms with Crippen LogP contribution in [0.1, 0.15) is 212 Å². The van der Waals surface area contributed by atoms with Crippen molar-refractivity contribution in [2.75, 3.05) is 26.4 Å². The molecule has 0 radical (unpaired) electrons. The molecule has 11 aromatic carbocycles. The molecule has 0 saturated heterocycles. The molecule has 0 fully saturated rings. The number of ether oxygens (including phenoxy) is 2. The number of aromatic nitrogens is 1. The van der Waals surface area contributed by atoms with Gasteiger partial charge in [0.25, 0.3) is 0 Å².